The standard InChI is InChI=1S/C18H18BrN3O2/c1-24-13-6-7-16-14(10-13)12(11-21-16)8-9-20-18(23)22-17-5-3-2-4-15(17)19/h2-7,10-11,21H,8-9H2,1H3,(H2,20,22,23). The van der Waals surface area contributed by atoms with Gasteiger partial charge in [-0.25, -0.2) is 4.79 Å². The Hall–Kier alpha value is -2.47. The molecule has 24 heavy (non-hydrogen) atoms. The molecular weight excluding hydrogens is 370 g/mol. The van der Waals surface area contributed by atoms with Crippen molar-refractivity contribution in [1.82, 2.24) is 10.3 Å². The topological polar surface area (TPSA) is 66.1 Å². The maximum atomic E-state index is 12.0. The van der Waals surface area contributed by atoms with Crippen LogP contribution in [0.5, 0.6) is 5.75 Å². The van der Waals surface area contributed by atoms with E-state index in [1.54, 1.807) is 7.11 Å². The quantitative estimate of drug-likeness (QED) is 0.610. The number of urea groups is 1. The second kappa shape index (κ2) is 7.40. The number of methoxy groups -OCH3 is 1. The number of benzene rings is 2. The molecule has 0 unspecified atom stereocenters. The van der Waals surface area contributed by atoms with Crippen LogP contribution in [0.4, 0.5) is 10.5 Å². The van der Waals surface area contributed by atoms with Crippen molar-refractivity contribution in [3.63, 3.8) is 0 Å². The molecule has 6 heteroatoms. The Kier molecular flexibility index (Phi) is 5.05. The van der Waals surface area contributed by atoms with Gasteiger partial charge in [-0.05, 0) is 58.2 Å². The van der Waals surface area contributed by atoms with Crippen LogP contribution in [0.2, 0.25) is 0 Å². The Morgan fingerprint density at radius 3 is 2.88 bits per heavy atom. The maximum absolute atomic E-state index is 12.0. The Morgan fingerprint density at radius 2 is 2.08 bits per heavy atom. The molecule has 0 saturated heterocycles. The summed E-state index contributed by atoms with van der Waals surface area (Å²) in [4.78, 5) is 15.2. The van der Waals surface area contributed by atoms with Gasteiger partial charge in [-0.2, -0.15) is 0 Å². The minimum absolute atomic E-state index is 0.223. The number of para-hydroxylation sites is 1. The van der Waals surface area contributed by atoms with Crippen LogP contribution in [0.1, 0.15) is 5.56 Å². The summed E-state index contributed by atoms with van der Waals surface area (Å²) < 4.78 is 6.12. The van der Waals surface area contributed by atoms with Gasteiger partial charge in [0.1, 0.15) is 5.75 Å². The molecule has 0 atom stereocenters. The lowest BCUT2D eigenvalue weighted by Gasteiger charge is -2.09. The van der Waals surface area contributed by atoms with Crippen molar-refractivity contribution in [2.75, 3.05) is 19.0 Å². The van der Waals surface area contributed by atoms with Crippen molar-refractivity contribution in [3.8, 4) is 5.75 Å². The zero-order chi connectivity index (χ0) is 16.9. The number of H-pyrrole nitrogens is 1. The van der Waals surface area contributed by atoms with Gasteiger partial charge in [0, 0.05) is 28.1 Å². The molecule has 3 N–H and O–H groups in total. The first kappa shape index (κ1) is 16.4. The number of hydrogen-bond donors (Lipinski definition) is 3. The van der Waals surface area contributed by atoms with Crippen molar-refractivity contribution in [3.05, 3.63) is 58.7 Å². The summed E-state index contributed by atoms with van der Waals surface area (Å²) in [6.07, 6.45) is 2.70. The first-order valence-corrected chi connectivity index (χ1v) is 8.40. The normalized spacial score (nSPS) is 10.6. The monoisotopic (exact) mass is 387 g/mol. The summed E-state index contributed by atoms with van der Waals surface area (Å²) in [7, 11) is 1.65. The molecular formula is C18H18BrN3O2. The molecule has 0 spiro atoms. The van der Waals surface area contributed by atoms with Crippen molar-refractivity contribution in [1.29, 1.82) is 0 Å². The average Bonchev–Trinajstić information content (AvgIpc) is 2.99. The van der Waals surface area contributed by atoms with Gasteiger partial charge in [0.25, 0.3) is 0 Å². The number of aromatic amines is 1. The number of halogens is 1. The first-order valence-electron chi connectivity index (χ1n) is 7.61. The number of nitrogens with one attached hydrogen (secondary N) is 3. The number of aromatic nitrogens is 1. The molecule has 5 nitrogen and oxygen atoms in total. The van der Waals surface area contributed by atoms with E-state index in [1.807, 2.05) is 48.7 Å². The first-order chi connectivity index (χ1) is 11.7. The van der Waals surface area contributed by atoms with Crippen LogP contribution in [-0.2, 0) is 6.42 Å². The van der Waals surface area contributed by atoms with Crippen molar-refractivity contribution in [2.45, 2.75) is 6.42 Å². The Labute approximate surface area is 148 Å². The van der Waals surface area contributed by atoms with Gasteiger partial charge in [-0.15, -0.1) is 0 Å². The van der Waals surface area contributed by atoms with E-state index in [2.05, 4.69) is 31.5 Å². The zero-order valence-electron chi connectivity index (χ0n) is 13.2. The van der Waals surface area contributed by atoms with Gasteiger partial charge in [0.05, 0.1) is 12.8 Å². The van der Waals surface area contributed by atoms with Crippen LogP contribution in [0, 0.1) is 0 Å². The van der Waals surface area contributed by atoms with Crippen LogP contribution >= 0.6 is 15.9 Å². The maximum Gasteiger partial charge on any atom is 0.319 e. The molecule has 1 aromatic heterocycles. The molecule has 0 aliphatic carbocycles. The number of hydrogen-bond acceptors (Lipinski definition) is 2. The van der Waals surface area contributed by atoms with E-state index in [9.17, 15) is 4.79 Å². The molecule has 2 aromatic carbocycles. The predicted molar refractivity (Wildman–Crippen MR) is 99.7 cm³/mol. The summed E-state index contributed by atoms with van der Waals surface area (Å²) in [6.45, 7) is 0.542. The van der Waals surface area contributed by atoms with Crippen molar-refractivity contribution in [2.24, 2.45) is 0 Å². The van der Waals surface area contributed by atoms with Crippen LogP contribution in [0.3, 0.4) is 0 Å². The summed E-state index contributed by atoms with van der Waals surface area (Å²) in [6, 6.07) is 13.2. The highest BCUT2D eigenvalue weighted by Gasteiger charge is 2.07. The lowest BCUT2D eigenvalue weighted by Crippen LogP contribution is -2.30. The molecule has 2 amide bonds. The number of ether oxygens (including phenoxy) is 1. The minimum Gasteiger partial charge on any atom is -0.497 e. The molecule has 0 fully saturated rings. The SMILES string of the molecule is COc1ccc2[nH]cc(CCNC(=O)Nc3ccccc3Br)c2c1. The van der Waals surface area contributed by atoms with Gasteiger partial charge in [0.2, 0.25) is 0 Å². The largest absolute Gasteiger partial charge is 0.497 e. The molecule has 0 aliphatic rings. The third kappa shape index (κ3) is 3.71. The van der Waals surface area contributed by atoms with E-state index in [-0.39, 0.29) is 6.03 Å². The number of rotatable bonds is 5. The zero-order valence-corrected chi connectivity index (χ0v) is 14.8. The van der Waals surface area contributed by atoms with Gasteiger partial charge in [0.15, 0.2) is 0 Å². The number of anilines is 1. The van der Waals surface area contributed by atoms with Gasteiger partial charge in [-0.3, -0.25) is 0 Å². The van der Waals surface area contributed by atoms with Gasteiger partial charge >= 0.3 is 6.03 Å². The van der Waals surface area contributed by atoms with E-state index in [0.717, 1.165) is 38.8 Å². The summed E-state index contributed by atoms with van der Waals surface area (Å²) in [5.41, 5.74) is 2.94. The van der Waals surface area contributed by atoms with E-state index < -0.39 is 0 Å². The van der Waals surface area contributed by atoms with Gasteiger partial charge < -0.3 is 20.4 Å². The summed E-state index contributed by atoms with van der Waals surface area (Å²) in [5, 5.41) is 6.81. The lowest BCUT2D eigenvalue weighted by molar-refractivity contribution is 0.252. The fourth-order valence-electron chi connectivity index (χ4n) is 2.53. The minimum atomic E-state index is -0.223. The predicted octanol–water partition coefficient (Wildman–Crippen LogP) is 4.30. The second-order valence-corrected chi connectivity index (χ2v) is 6.19. The molecule has 124 valence electrons. The number of carbonyl (C=O) groups is 1. The van der Waals surface area contributed by atoms with Crippen LogP contribution in [0.25, 0.3) is 10.9 Å². The van der Waals surface area contributed by atoms with E-state index >= 15 is 0 Å². The average molecular weight is 388 g/mol. The fraction of sp³-hybridized carbons (Fsp3) is 0.167. The molecule has 0 bridgehead atoms. The number of amides is 2. The van der Waals surface area contributed by atoms with E-state index in [4.69, 9.17) is 4.74 Å². The third-order valence-corrected chi connectivity index (χ3v) is 4.47. The second-order valence-electron chi connectivity index (χ2n) is 5.34. The summed E-state index contributed by atoms with van der Waals surface area (Å²) in [5.74, 6) is 0.822. The van der Waals surface area contributed by atoms with Gasteiger partial charge in [-0.1, -0.05) is 12.1 Å². The van der Waals surface area contributed by atoms with Crippen molar-refractivity contribution >= 4 is 38.6 Å². The third-order valence-electron chi connectivity index (χ3n) is 3.78. The molecule has 0 saturated carbocycles. The highest BCUT2D eigenvalue weighted by atomic mass is 79.9. The Bertz CT molecular complexity index is 860. The van der Waals surface area contributed by atoms with E-state index in [0.29, 0.717) is 6.54 Å². The summed E-state index contributed by atoms with van der Waals surface area (Å²) >= 11 is 3.41. The van der Waals surface area contributed by atoms with E-state index in [1.165, 1.54) is 0 Å². The Morgan fingerprint density at radius 1 is 1.25 bits per heavy atom. The van der Waals surface area contributed by atoms with Crippen molar-refractivity contribution < 1.29 is 9.53 Å². The highest BCUT2D eigenvalue weighted by molar-refractivity contribution is 9.10. The van der Waals surface area contributed by atoms with Crippen LogP contribution in [0.15, 0.2) is 53.1 Å². The molecule has 0 aliphatic heterocycles. The highest BCUT2D eigenvalue weighted by Crippen LogP contribution is 2.24. The molecule has 3 aromatic rings. The lowest BCUT2D eigenvalue weighted by atomic mass is 10.1. The smallest absolute Gasteiger partial charge is 0.319 e. The molecule has 0 radical (unpaired) electrons. The fourth-order valence-corrected chi connectivity index (χ4v) is 2.92. The molecule has 1 heterocycles. The molecule has 3 rings (SSSR count). The Balaban J connectivity index is 1.58. The van der Waals surface area contributed by atoms with Crippen LogP contribution < -0.4 is 15.4 Å². The van der Waals surface area contributed by atoms with Crippen LogP contribution in [-0.4, -0.2) is 24.7 Å². The number of carbonyl (C=O) groups excluding carboxylic acids is 1. The number of fused-ring (bicyclic) bond motifs is 1.